The second-order valence-electron chi connectivity index (χ2n) is 4.23. The van der Waals surface area contributed by atoms with E-state index in [1.54, 1.807) is 0 Å². The number of rotatable bonds is 2. The Labute approximate surface area is 96.0 Å². The van der Waals surface area contributed by atoms with Gasteiger partial charge in [-0.15, -0.1) is 0 Å². The van der Waals surface area contributed by atoms with Gasteiger partial charge in [-0.2, -0.15) is 0 Å². The minimum Gasteiger partial charge on any atom is -0.329 e. The van der Waals surface area contributed by atoms with Crippen LogP contribution in [0.1, 0.15) is 17.9 Å². The molecule has 0 aliphatic carbocycles. The fraction of sp³-hybridized carbons (Fsp3) is 0.500. The minimum atomic E-state index is 0.462. The van der Waals surface area contributed by atoms with Gasteiger partial charge in [0.1, 0.15) is 0 Å². The predicted octanol–water partition coefficient (Wildman–Crippen LogP) is 2.09. The zero-order chi connectivity index (χ0) is 10.8. The van der Waals surface area contributed by atoms with Crippen LogP contribution in [0.4, 0.5) is 0 Å². The quantitative estimate of drug-likeness (QED) is 0.834. The van der Waals surface area contributed by atoms with Gasteiger partial charge in [0.2, 0.25) is 0 Å². The van der Waals surface area contributed by atoms with E-state index in [-0.39, 0.29) is 0 Å². The predicted molar refractivity (Wildman–Crippen MR) is 64.3 cm³/mol. The summed E-state index contributed by atoms with van der Waals surface area (Å²) in [5.74, 6) is 0.540. The fourth-order valence-corrected chi connectivity index (χ4v) is 2.68. The molecule has 0 saturated carbocycles. The van der Waals surface area contributed by atoms with Gasteiger partial charge in [-0.25, -0.2) is 0 Å². The molecule has 1 saturated heterocycles. The third-order valence-electron chi connectivity index (χ3n) is 3.34. The molecule has 3 heteroatoms. The van der Waals surface area contributed by atoms with Crippen molar-refractivity contribution >= 4 is 11.6 Å². The van der Waals surface area contributed by atoms with Crippen LogP contribution in [0.5, 0.6) is 0 Å². The third-order valence-corrected chi connectivity index (χ3v) is 3.58. The van der Waals surface area contributed by atoms with E-state index in [2.05, 4.69) is 24.1 Å². The Kier molecular flexibility index (Phi) is 3.29. The van der Waals surface area contributed by atoms with Gasteiger partial charge < -0.3 is 10.6 Å². The van der Waals surface area contributed by atoms with Gasteiger partial charge >= 0.3 is 0 Å². The summed E-state index contributed by atoms with van der Waals surface area (Å²) >= 11 is 6.01. The van der Waals surface area contributed by atoms with Crippen LogP contribution in [0.25, 0.3) is 0 Å². The smallest absolute Gasteiger partial charge is 0.0408 e. The number of hydrogen-bond acceptors (Lipinski definition) is 2. The Morgan fingerprint density at radius 2 is 2.33 bits per heavy atom. The second kappa shape index (κ2) is 4.52. The number of likely N-dealkylation sites (N-methyl/N-ethyl adjacent to an activating group) is 1. The topological polar surface area (TPSA) is 29.3 Å². The molecule has 2 rings (SSSR count). The van der Waals surface area contributed by atoms with Crippen LogP contribution in [-0.4, -0.2) is 31.1 Å². The molecule has 0 bridgehead atoms. The van der Waals surface area contributed by atoms with Gasteiger partial charge in [0.05, 0.1) is 0 Å². The maximum absolute atomic E-state index is 6.01. The van der Waals surface area contributed by atoms with Crippen molar-refractivity contribution in [2.24, 2.45) is 5.73 Å². The van der Waals surface area contributed by atoms with Crippen molar-refractivity contribution in [3.05, 3.63) is 34.9 Å². The Balaban J connectivity index is 2.23. The molecule has 1 aromatic rings. The largest absolute Gasteiger partial charge is 0.329 e. The number of likely N-dealkylation sites (tertiary alicyclic amines) is 1. The molecular weight excluding hydrogens is 208 g/mol. The van der Waals surface area contributed by atoms with E-state index in [1.807, 2.05) is 12.1 Å². The van der Waals surface area contributed by atoms with Gasteiger partial charge in [-0.3, -0.25) is 0 Å². The highest BCUT2D eigenvalue weighted by Crippen LogP contribution is 2.32. The maximum Gasteiger partial charge on any atom is 0.0408 e. The van der Waals surface area contributed by atoms with Crippen molar-refractivity contribution in [3.8, 4) is 0 Å². The monoisotopic (exact) mass is 224 g/mol. The second-order valence-corrected chi connectivity index (χ2v) is 4.67. The highest BCUT2D eigenvalue weighted by atomic mass is 35.5. The van der Waals surface area contributed by atoms with Crippen molar-refractivity contribution in [2.45, 2.75) is 18.4 Å². The maximum atomic E-state index is 6.01. The molecule has 1 aliphatic heterocycles. The highest BCUT2D eigenvalue weighted by Gasteiger charge is 2.31. The summed E-state index contributed by atoms with van der Waals surface area (Å²) in [4.78, 5) is 2.34. The van der Waals surface area contributed by atoms with Crippen LogP contribution in [0.3, 0.4) is 0 Å². The highest BCUT2D eigenvalue weighted by molar-refractivity contribution is 6.30. The van der Waals surface area contributed by atoms with Gasteiger partial charge in [-0.1, -0.05) is 23.7 Å². The van der Waals surface area contributed by atoms with E-state index in [4.69, 9.17) is 17.3 Å². The molecule has 2 atom stereocenters. The summed E-state index contributed by atoms with van der Waals surface area (Å²) in [7, 11) is 2.14. The molecule has 1 aromatic carbocycles. The number of halogens is 1. The van der Waals surface area contributed by atoms with Crippen molar-refractivity contribution in [1.82, 2.24) is 4.90 Å². The number of nitrogens with zero attached hydrogens (tertiary/aromatic N) is 1. The van der Waals surface area contributed by atoms with Crippen LogP contribution in [-0.2, 0) is 0 Å². The number of hydrogen-bond donors (Lipinski definition) is 1. The summed E-state index contributed by atoms with van der Waals surface area (Å²) in [5, 5.41) is 0.817. The average Bonchev–Trinajstić information content (AvgIpc) is 2.59. The first-order chi connectivity index (χ1) is 7.22. The molecule has 2 N–H and O–H groups in total. The normalized spacial score (nSPS) is 27.1. The summed E-state index contributed by atoms with van der Waals surface area (Å²) in [5.41, 5.74) is 7.14. The van der Waals surface area contributed by atoms with Crippen molar-refractivity contribution < 1.29 is 0 Å². The molecule has 2 nitrogen and oxygen atoms in total. The van der Waals surface area contributed by atoms with Crippen molar-refractivity contribution in [1.29, 1.82) is 0 Å². The van der Waals surface area contributed by atoms with Gasteiger partial charge in [0.15, 0.2) is 0 Å². The third kappa shape index (κ3) is 2.17. The zero-order valence-electron chi connectivity index (χ0n) is 8.99. The van der Waals surface area contributed by atoms with E-state index < -0.39 is 0 Å². The first kappa shape index (κ1) is 10.9. The van der Waals surface area contributed by atoms with Crippen molar-refractivity contribution in [2.75, 3.05) is 20.1 Å². The molecule has 1 aliphatic rings. The van der Waals surface area contributed by atoms with E-state index in [9.17, 15) is 0 Å². The Hall–Kier alpha value is -0.570. The summed E-state index contributed by atoms with van der Waals surface area (Å²) in [6.07, 6.45) is 1.18. The molecule has 0 amide bonds. The van der Waals surface area contributed by atoms with Gasteiger partial charge in [0, 0.05) is 23.5 Å². The van der Waals surface area contributed by atoms with Crippen LogP contribution in [0.15, 0.2) is 24.3 Å². The summed E-state index contributed by atoms with van der Waals surface area (Å²) in [6.45, 7) is 1.84. The lowest BCUT2D eigenvalue weighted by atomic mass is 9.92. The minimum absolute atomic E-state index is 0.462. The molecule has 1 fully saturated rings. The van der Waals surface area contributed by atoms with Crippen molar-refractivity contribution in [3.63, 3.8) is 0 Å². The SMILES string of the molecule is CN1CCC(c2cccc(Cl)c2)C1CN. The molecule has 1 heterocycles. The van der Waals surface area contributed by atoms with Crippen LogP contribution >= 0.6 is 11.6 Å². The Morgan fingerprint density at radius 3 is 3.00 bits per heavy atom. The lowest BCUT2D eigenvalue weighted by Gasteiger charge is -2.23. The lowest BCUT2D eigenvalue weighted by Crippen LogP contribution is -2.35. The van der Waals surface area contributed by atoms with E-state index in [1.165, 1.54) is 12.0 Å². The standard InChI is InChI=1S/C12H17ClN2/c1-15-6-5-11(12(15)8-14)9-3-2-4-10(13)7-9/h2-4,7,11-12H,5-6,8,14H2,1H3. The van der Waals surface area contributed by atoms with Crippen LogP contribution in [0.2, 0.25) is 5.02 Å². The first-order valence-corrected chi connectivity index (χ1v) is 5.76. The molecule has 0 radical (unpaired) electrons. The van der Waals surface area contributed by atoms with E-state index in [0.717, 1.165) is 11.6 Å². The molecule has 15 heavy (non-hydrogen) atoms. The lowest BCUT2D eigenvalue weighted by molar-refractivity contribution is 0.304. The summed E-state index contributed by atoms with van der Waals surface area (Å²) < 4.78 is 0. The van der Waals surface area contributed by atoms with Gasteiger partial charge in [-0.05, 0) is 37.7 Å². The molecule has 2 unspecified atom stereocenters. The van der Waals surface area contributed by atoms with E-state index >= 15 is 0 Å². The first-order valence-electron chi connectivity index (χ1n) is 5.38. The molecular formula is C12H17ClN2. The average molecular weight is 225 g/mol. The molecule has 0 spiro atoms. The van der Waals surface area contributed by atoms with Gasteiger partial charge in [0.25, 0.3) is 0 Å². The Bertz CT molecular complexity index is 340. The summed E-state index contributed by atoms with van der Waals surface area (Å²) in [6, 6.07) is 8.61. The fourth-order valence-electron chi connectivity index (χ4n) is 2.48. The Morgan fingerprint density at radius 1 is 1.53 bits per heavy atom. The molecule has 82 valence electrons. The van der Waals surface area contributed by atoms with E-state index in [0.29, 0.717) is 18.5 Å². The van der Waals surface area contributed by atoms with Crippen LogP contribution in [0, 0.1) is 0 Å². The number of benzene rings is 1. The molecule has 0 aromatic heterocycles. The zero-order valence-corrected chi connectivity index (χ0v) is 9.74. The van der Waals surface area contributed by atoms with Crippen LogP contribution < -0.4 is 5.73 Å². The number of nitrogens with two attached hydrogens (primary N) is 1.